The van der Waals surface area contributed by atoms with Crippen molar-refractivity contribution in [2.24, 2.45) is 11.0 Å². The molecule has 0 saturated carbocycles. The zero-order valence-electron chi connectivity index (χ0n) is 11.9. The predicted molar refractivity (Wildman–Crippen MR) is 83.8 cm³/mol. The molecule has 1 aromatic carbocycles. The molecule has 1 aromatic rings. The van der Waals surface area contributed by atoms with E-state index in [1.165, 1.54) is 0 Å². The smallest absolute Gasteiger partial charge is 0.186 e. The van der Waals surface area contributed by atoms with E-state index in [9.17, 15) is 0 Å². The van der Waals surface area contributed by atoms with Crippen LogP contribution in [-0.4, -0.2) is 24.5 Å². The highest BCUT2D eigenvalue weighted by Gasteiger charge is 2.00. The Morgan fingerprint density at radius 1 is 1.32 bits per heavy atom. The van der Waals surface area contributed by atoms with Crippen molar-refractivity contribution in [1.82, 2.24) is 10.7 Å². The third kappa shape index (κ3) is 5.70. The van der Waals surface area contributed by atoms with Crippen molar-refractivity contribution < 1.29 is 4.74 Å². The molecule has 0 spiro atoms. The van der Waals surface area contributed by atoms with Crippen molar-refractivity contribution >= 4 is 23.0 Å². The van der Waals surface area contributed by atoms with Crippen LogP contribution in [0.1, 0.15) is 26.3 Å². The summed E-state index contributed by atoms with van der Waals surface area (Å²) in [7, 11) is 1.65. The normalized spacial score (nSPS) is 11.3. The van der Waals surface area contributed by atoms with Gasteiger partial charge in [0.1, 0.15) is 5.75 Å². The van der Waals surface area contributed by atoms with Gasteiger partial charge in [-0.1, -0.05) is 13.8 Å². The maximum absolute atomic E-state index is 5.13. The molecule has 19 heavy (non-hydrogen) atoms. The van der Waals surface area contributed by atoms with Gasteiger partial charge in [0.25, 0.3) is 0 Å². The number of rotatable bonds is 5. The molecule has 0 unspecified atom stereocenters. The molecule has 0 aliphatic rings. The number of methoxy groups -OCH3 is 1. The summed E-state index contributed by atoms with van der Waals surface area (Å²) in [6.45, 7) is 7.02. The van der Waals surface area contributed by atoms with Gasteiger partial charge in [-0.3, -0.25) is 5.43 Å². The van der Waals surface area contributed by atoms with Crippen LogP contribution in [0.15, 0.2) is 29.4 Å². The number of benzene rings is 1. The molecule has 0 radical (unpaired) electrons. The summed E-state index contributed by atoms with van der Waals surface area (Å²) in [5.74, 6) is 1.38. The first-order valence-electron chi connectivity index (χ1n) is 6.25. The van der Waals surface area contributed by atoms with E-state index >= 15 is 0 Å². The van der Waals surface area contributed by atoms with Crippen LogP contribution in [0.25, 0.3) is 0 Å². The topological polar surface area (TPSA) is 45.6 Å². The Kier molecular flexibility index (Phi) is 6.29. The predicted octanol–water partition coefficient (Wildman–Crippen LogP) is 2.54. The number of hydrogen-bond acceptors (Lipinski definition) is 3. The first-order valence-corrected chi connectivity index (χ1v) is 6.66. The molecule has 0 amide bonds. The van der Waals surface area contributed by atoms with Gasteiger partial charge >= 0.3 is 0 Å². The summed E-state index contributed by atoms with van der Waals surface area (Å²) < 4.78 is 5.12. The number of nitrogens with zero attached hydrogens (tertiary/aromatic N) is 1. The summed E-state index contributed by atoms with van der Waals surface area (Å²) in [6, 6.07) is 7.74. The van der Waals surface area contributed by atoms with Gasteiger partial charge in [-0.25, -0.2) is 0 Å². The van der Waals surface area contributed by atoms with Gasteiger partial charge in [-0.05, 0) is 54.9 Å². The van der Waals surface area contributed by atoms with Gasteiger partial charge in [-0.2, -0.15) is 5.10 Å². The van der Waals surface area contributed by atoms with Crippen LogP contribution in [0.2, 0.25) is 0 Å². The molecule has 1 rings (SSSR count). The molecule has 104 valence electrons. The standard InChI is InChI=1S/C14H21N3OS/c1-10(2)9-15-14(19)17-16-11(3)12-5-7-13(18-4)8-6-12/h5-8,10H,9H2,1-4H3,(H2,15,17,19). The minimum Gasteiger partial charge on any atom is -0.497 e. The van der Waals surface area contributed by atoms with E-state index in [0.717, 1.165) is 23.6 Å². The van der Waals surface area contributed by atoms with Crippen LogP contribution in [0.5, 0.6) is 5.75 Å². The second-order valence-electron chi connectivity index (χ2n) is 4.64. The lowest BCUT2D eigenvalue weighted by Crippen LogP contribution is -2.34. The Morgan fingerprint density at radius 3 is 2.47 bits per heavy atom. The Hall–Kier alpha value is -1.62. The molecule has 4 nitrogen and oxygen atoms in total. The largest absolute Gasteiger partial charge is 0.497 e. The van der Waals surface area contributed by atoms with E-state index in [0.29, 0.717) is 11.0 Å². The summed E-state index contributed by atoms with van der Waals surface area (Å²) in [4.78, 5) is 0. The summed E-state index contributed by atoms with van der Waals surface area (Å²) in [5, 5.41) is 7.89. The highest BCUT2D eigenvalue weighted by molar-refractivity contribution is 7.80. The Labute approximate surface area is 120 Å². The third-order valence-electron chi connectivity index (χ3n) is 2.50. The van der Waals surface area contributed by atoms with Crippen LogP contribution >= 0.6 is 12.2 Å². The molecule has 0 heterocycles. The lowest BCUT2D eigenvalue weighted by molar-refractivity contribution is 0.415. The van der Waals surface area contributed by atoms with Crippen LogP contribution < -0.4 is 15.5 Å². The quantitative estimate of drug-likeness (QED) is 0.494. The summed E-state index contributed by atoms with van der Waals surface area (Å²) in [6.07, 6.45) is 0. The van der Waals surface area contributed by atoms with Crippen LogP contribution in [0.3, 0.4) is 0 Å². The molecule has 0 aromatic heterocycles. The Bertz CT molecular complexity index is 441. The molecule has 2 N–H and O–H groups in total. The summed E-state index contributed by atoms with van der Waals surface area (Å²) >= 11 is 5.13. The van der Waals surface area contributed by atoms with E-state index < -0.39 is 0 Å². The molecule has 0 aliphatic carbocycles. The lowest BCUT2D eigenvalue weighted by Gasteiger charge is -2.10. The minimum absolute atomic E-state index is 0.543. The fourth-order valence-corrected chi connectivity index (χ4v) is 1.50. The highest BCUT2D eigenvalue weighted by Crippen LogP contribution is 2.11. The zero-order valence-corrected chi connectivity index (χ0v) is 12.7. The third-order valence-corrected chi connectivity index (χ3v) is 2.74. The fourth-order valence-electron chi connectivity index (χ4n) is 1.37. The number of thiocarbonyl (C=S) groups is 1. The van der Waals surface area contributed by atoms with Gasteiger partial charge in [0.05, 0.1) is 12.8 Å². The first-order chi connectivity index (χ1) is 9.02. The van der Waals surface area contributed by atoms with Crippen molar-refractivity contribution in [3.8, 4) is 5.75 Å². The fraction of sp³-hybridized carbons (Fsp3) is 0.429. The second kappa shape index (κ2) is 7.74. The molecular weight excluding hydrogens is 258 g/mol. The Morgan fingerprint density at radius 2 is 1.95 bits per heavy atom. The van der Waals surface area contributed by atoms with Gasteiger partial charge in [0, 0.05) is 6.54 Å². The Balaban J connectivity index is 2.53. The SMILES string of the molecule is COc1ccc(C(C)=NNC(=S)NCC(C)C)cc1. The van der Waals surface area contributed by atoms with Crippen molar-refractivity contribution in [3.63, 3.8) is 0 Å². The lowest BCUT2D eigenvalue weighted by atomic mass is 10.1. The minimum atomic E-state index is 0.543. The zero-order chi connectivity index (χ0) is 14.3. The van der Waals surface area contributed by atoms with Gasteiger partial charge in [-0.15, -0.1) is 0 Å². The van der Waals surface area contributed by atoms with E-state index in [2.05, 4.69) is 29.7 Å². The highest BCUT2D eigenvalue weighted by atomic mass is 32.1. The molecule has 0 fully saturated rings. The van der Waals surface area contributed by atoms with E-state index in [4.69, 9.17) is 17.0 Å². The monoisotopic (exact) mass is 279 g/mol. The molecule has 0 aliphatic heterocycles. The van der Waals surface area contributed by atoms with Crippen molar-refractivity contribution in [2.45, 2.75) is 20.8 Å². The number of nitrogens with one attached hydrogen (secondary N) is 2. The molecule has 5 heteroatoms. The molecule has 0 atom stereocenters. The molecule has 0 bridgehead atoms. The van der Waals surface area contributed by atoms with Crippen LogP contribution in [0.4, 0.5) is 0 Å². The number of hydrazone groups is 1. The summed E-state index contributed by atoms with van der Waals surface area (Å²) in [5.41, 5.74) is 4.74. The first kappa shape index (κ1) is 15.4. The average Bonchev–Trinajstić information content (AvgIpc) is 2.42. The molecular formula is C14H21N3OS. The van der Waals surface area contributed by atoms with Crippen molar-refractivity contribution in [3.05, 3.63) is 29.8 Å². The van der Waals surface area contributed by atoms with Gasteiger partial charge in [0.2, 0.25) is 0 Å². The van der Waals surface area contributed by atoms with Gasteiger partial charge < -0.3 is 10.1 Å². The van der Waals surface area contributed by atoms with Crippen LogP contribution in [0, 0.1) is 5.92 Å². The number of hydrogen-bond donors (Lipinski definition) is 2. The average molecular weight is 279 g/mol. The van der Waals surface area contributed by atoms with Crippen molar-refractivity contribution in [1.29, 1.82) is 0 Å². The van der Waals surface area contributed by atoms with Crippen LogP contribution in [-0.2, 0) is 0 Å². The maximum atomic E-state index is 5.13. The van der Waals surface area contributed by atoms with E-state index in [1.807, 2.05) is 31.2 Å². The second-order valence-corrected chi connectivity index (χ2v) is 5.05. The maximum Gasteiger partial charge on any atom is 0.186 e. The van der Waals surface area contributed by atoms with E-state index in [1.54, 1.807) is 7.11 Å². The number of ether oxygens (including phenoxy) is 1. The molecule has 0 saturated heterocycles. The van der Waals surface area contributed by atoms with E-state index in [-0.39, 0.29) is 0 Å². The van der Waals surface area contributed by atoms with Gasteiger partial charge in [0.15, 0.2) is 5.11 Å². The van der Waals surface area contributed by atoms with Crippen molar-refractivity contribution in [2.75, 3.05) is 13.7 Å².